The number of rotatable bonds is 6. The molecule has 2 unspecified atom stereocenters. The molecule has 1 heterocycles. The van der Waals surface area contributed by atoms with Gasteiger partial charge in [0.15, 0.2) is 0 Å². The van der Waals surface area contributed by atoms with E-state index in [4.69, 9.17) is 4.74 Å². The lowest BCUT2D eigenvalue weighted by Gasteiger charge is -2.20. The average molecular weight is 293 g/mol. The van der Waals surface area contributed by atoms with Gasteiger partial charge in [-0.2, -0.15) is 0 Å². The minimum atomic E-state index is -0.402. The van der Waals surface area contributed by atoms with Crippen molar-refractivity contribution >= 4 is 27.3 Å². The molecule has 0 saturated carbocycles. The van der Waals surface area contributed by atoms with Crippen molar-refractivity contribution in [2.75, 3.05) is 6.61 Å². The molecule has 1 aromatic heterocycles. The van der Waals surface area contributed by atoms with E-state index in [0.717, 1.165) is 10.2 Å². The van der Waals surface area contributed by atoms with Gasteiger partial charge in [0.05, 0.1) is 16.0 Å². The highest BCUT2D eigenvalue weighted by Gasteiger charge is 2.18. The van der Waals surface area contributed by atoms with Gasteiger partial charge >= 0.3 is 0 Å². The second-order valence-electron chi connectivity index (χ2n) is 3.38. The third-order valence-electron chi connectivity index (χ3n) is 2.25. The number of hydrogen-bond donors (Lipinski definition) is 1. The Balaban J connectivity index is 2.49. The van der Waals surface area contributed by atoms with Crippen molar-refractivity contribution in [3.05, 3.63) is 20.8 Å². The Kier molecular flexibility index (Phi) is 5.82. The standard InChI is InChI=1S/C11H17BrO2S/c1-3-10(14-4-2)9(13)7-8-5-6-11(12)15-8/h5-6,9-10,13H,3-4,7H2,1-2H3. The maximum absolute atomic E-state index is 9.97. The van der Waals surface area contributed by atoms with Gasteiger partial charge in [0.1, 0.15) is 0 Å². The molecular weight excluding hydrogens is 276 g/mol. The third kappa shape index (κ3) is 4.23. The summed E-state index contributed by atoms with van der Waals surface area (Å²) >= 11 is 5.08. The molecule has 0 aliphatic rings. The van der Waals surface area contributed by atoms with E-state index in [9.17, 15) is 5.11 Å². The monoisotopic (exact) mass is 292 g/mol. The Morgan fingerprint density at radius 2 is 2.20 bits per heavy atom. The number of ether oxygens (including phenoxy) is 1. The number of hydrogen-bond acceptors (Lipinski definition) is 3. The number of aliphatic hydroxyl groups is 1. The minimum Gasteiger partial charge on any atom is -0.390 e. The van der Waals surface area contributed by atoms with Crippen LogP contribution in [0.15, 0.2) is 15.9 Å². The van der Waals surface area contributed by atoms with E-state index in [-0.39, 0.29) is 6.10 Å². The summed E-state index contributed by atoms with van der Waals surface area (Å²) in [6.07, 6.45) is 1.08. The van der Waals surface area contributed by atoms with Gasteiger partial charge in [-0.05, 0) is 41.4 Å². The van der Waals surface area contributed by atoms with Gasteiger partial charge in [0.25, 0.3) is 0 Å². The maximum atomic E-state index is 9.97. The Morgan fingerprint density at radius 3 is 2.67 bits per heavy atom. The van der Waals surface area contributed by atoms with Crippen molar-refractivity contribution < 1.29 is 9.84 Å². The summed E-state index contributed by atoms with van der Waals surface area (Å²) in [7, 11) is 0. The number of halogens is 1. The zero-order valence-electron chi connectivity index (χ0n) is 9.07. The summed E-state index contributed by atoms with van der Waals surface area (Å²) in [6, 6.07) is 4.05. The zero-order chi connectivity index (χ0) is 11.3. The Bertz CT molecular complexity index is 288. The summed E-state index contributed by atoms with van der Waals surface area (Å²) < 4.78 is 6.58. The fourth-order valence-corrected chi connectivity index (χ4v) is 3.05. The molecule has 0 aliphatic heterocycles. The van der Waals surface area contributed by atoms with Gasteiger partial charge in [-0.3, -0.25) is 0 Å². The van der Waals surface area contributed by atoms with Crippen LogP contribution in [-0.4, -0.2) is 23.9 Å². The van der Waals surface area contributed by atoms with Crippen LogP contribution in [-0.2, 0) is 11.2 Å². The largest absolute Gasteiger partial charge is 0.390 e. The lowest BCUT2D eigenvalue weighted by Crippen LogP contribution is -2.30. The molecule has 0 radical (unpaired) electrons. The van der Waals surface area contributed by atoms with Crippen molar-refractivity contribution in [1.29, 1.82) is 0 Å². The molecule has 0 amide bonds. The quantitative estimate of drug-likeness (QED) is 0.872. The van der Waals surface area contributed by atoms with Crippen molar-refractivity contribution in [2.45, 2.75) is 38.9 Å². The molecule has 1 rings (SSSR count). The van der Waals surface area contributed by atoms with E-state index in [1.165, 1.54) is 4.88 Å². The molecule has 0 spiro atoms. The van der Waals surface area contributed by atoms with Gasteiger partial charge in [-0.15, -0.1) is 11.3 Å². The highest BCUT2D eigenvalue weighted by Crippen LogP contribution is 2.24. The van der Waals surface area contributed by atoms with Crippen LogP contribution < -0.4 is 0 Å². The van der Waals surface area contributed by atoms with Crippen LogP contribution in [0.5, 0.6) is 0 Å². The predicted octanol–water partition coefficient (Wildman–Crippen LogP) is 3.23. The van der Waals surface area contributed by atoms with Crippen molar-refractivity contribution in [2.24, 2.45) is 0 Å². The second kappa shape index (κ2) is 6.63. The Hall–Kier alpha value is 0.1000. The minimum absolute atomic E-state index is 0.0455. The van der Waals surface area contributed by atoms with Crippen LogP contribution in [0.2, 0.25) is 0 Å². The molecule has 15 heavy (non-hydrogen) atoms. The molecule has 1 aromatic rings. The summed E-state index contributed by atoms with van der Waals surface area (Å²) in [5.41, 5.74) is 0. The average Bonchev–Trinajstić information content (AvgIpc) is 2.60. The molecule has 0 aromatic carbocycles. The normalized spacial score (nSPS) is 15.2. The SMILES string of the molecule is CCOC(CC)C(O)Cc1ccc(Br)s1. The lowest BCUT2D eigenvalue weighted by atomic mass is 10.1. The molecule has 2 nitrogen and oxygen atoms in total. The van der Waals surface area contributed by atoms with E-state index < -0.39 is 6.10 Å². The van der Waals surface area contributed by atoms with Crippen LogP contribution in [0.1, 0.15) is 25.1 Å². The fraction of sp³-hybridized carbons (Fsp3) is 0.636. The molecular formula is C11H17BrO2S. The van der Waals surface area contributed by atoms with Crippen LogP contribution in [0.4, 0.5) is 0 Å². The first-order chi connectivity index (χ1) is 7.17. The number of aliphatic hydroxyl groups excluding tert-OH is 1. The molecule has 0 saturated heterocycles. The molecule has 0 aliphatic carbocycles. The molecule has 2 atom stereocenters. The van der Waals surface area contributed by atoms with Crippen molar-refractivity contribution in [3.63, 3.8) is 0 Å². The zero-order valence-corrected chi connectivity index (χ0v) is 11.5. The summed E-state index contributed by atoms with van der Waals surface area (Å²) in [6.45, 7) is 4.65. The van der Waals surface area contributed by atoms with Crippen LogP contribution in [0, 0.1) is 0 Å². The maximum Gasteiger partial charge on any atom is 0.0849 e. The van der Waals surface area contributed by atoms with E-state index in [1.807, 2.05) is 26.0 Å². The van der Waals surface area contributed by atoms with Gasteiger partial charge in [0, 0.05) is 17.9 Å². The Labute approximate surface area is 103 Å². The summed E-state index contributed by atoms with van der Waals surface area (Å²) in [4.78, 5) is 1.19. The van der Waals surface area contributed by atoms with E-state index in [1.54, 1.807) is 11.3 Å². The van der Waals surface area contributed by atoms with Crippen LogP contribution in [0.3, 0.4) is 0 Å². The first kappa shape index (κ1) is 13.2. The van der Waals surface area contributed by atoms with E-state index in [0.29, 0.717) is 13.0 Å². The predicted molar refractivity (Wildman–Crippen MR) is 67.4 cm³/mol. The topological polar surface area (TPSA) is 29.5 Å². The molecule has 86 valence electrons. The first-order valence-corrected chi connectivity index (χ1v) is 6.82. The second-order valence-corrected chi connectivity index (χ2v) is 5.93. The smallest absolute Gasteiger partial charge is 0.0849 e. The highest BCUT2D eigenvalue weighted by atomic mass is 79.9. The summed E-state index contributed by atoms with van der Waals surface area (Å²) in [5, 5.41) is 9.97. The first-order valence-electron chi connectivity index (χ1n) is 5.21. The van der Waals surface area contributed by atoms with Gasteiger partial charge in [-0.1, -0.05) is 6.92 Å². The third-order valence-corrected chi connectivity index (χ3v) is 3.90. The fourth-order valence-electron chi connectivity index (χ4n) is 1.51. The highest BCUT2D eigenvalue weighted by molar-refractivity contribution is 9.11. The van der Waals surface area contributed by atoms with Crippen LogP contribution in [0.25, 0.3) is 0 Å². The number of thiophene rings is 1. The Morgan fingerprint density at radius 1 is 1.47 bits per heavy atom. The molecule has 0 fully saturated rings. The van der Waals surface area contributed by atoms with E-state index >= 15 is 0 Å². The summed E-state index contributed by atoms with van der Waals surface area (Å²) in [5.74, 6) is 0. The molecule has 4 heteroatoms. The molecule has 0 bridgehead atoms. The van der Waals surface area contributed by atoms with E-state index in [2.05, 4.69) is 15.9 Å². The molecule has 1 N–H and O–H groups in total. The van der Waals surface area contributed by atoms with Gasteiger partial charge in [0.2, 0.25) is 0 Å². The van der Waals surface area contributed by atoms with Crippen molar-refractivity contribution in [1.82, 2.24) is 0 Å². The van der Waals surface area contributed by atoms with Crippen molar-refractivity contribution in [3.8, 4) is 0 Å². The van der Waals surface area contributed by atoms with Gasteiger partial charge < -0.3 is 9.84 Å². The van der Waals surface area contributed by atoms with Crippen LogP contribution >= 0.6 is 27.3 Å². The van der Waals surface area contributed by atoms with Gasteiger partial charge in [-0.25, -0.2) is 0 Å². The lowest BCUT2D eigenvalue weighted by molar-refractivity contribution is -0.0331.